The van der Waals surface area contributed by atoms with Crippen molar-refractivity contribution in [2.24, 2.45) is 0 Å². The van der Waals surface area contributed by atoms with E-state index in [9.17, 15) is 19.7 Å². The van der Waals surface area contributed by atoms with Gasteiger partial charge in [0, 0.05) is 12.1 Å². The summed E-state index contributed by atoms with van der Waals surface area (Å²) < 4.78 is 1.03. The maximum Gasteiger partial charge on any atom is 0.285 e. The Balaban J connectivity index is 1.79. The Morgan fingerprint density at radius 2 is 1.88 bits per heavy atom. The normalized spacial score (nSPS) is 11.9. The second-order valence-corrected chi connectivity index (χ2v) is 5.97. The van der Waals surface area contributed by atoms with E-state index < -0.39 is 16.4 Å². The number of carbonyl (C=O) groups excluding carboxylic acids is 1. The molecule has 0 saturated carbocycles. The van der Waals surface area contributed by atoms with Gasteiger partial charge in [-0.25, -0.2) is 0 Å². The molecule has 3 aromatic rings. The van der Waals surface area contributed by atoms with Gasteiger partial charge in [0.1, 0.15) is 6.54 Å². The van der Waals surface area contributed by atoms with E-state index in [1.165, 1.54) is 0 Å². The largest absolute Gasteiger partial charge is 0.348 e. The van der Waals surface area contributed by atoms with Crippen LogP contribution in [0.15, 0.2) is 65.6 Å². The number of fused-ring (bicyclic) bond motifs is 1. The van der Waals surface area contributed by atoms with Gasteiger partial charge in [-0.3, -0.25) is 24.3 Å². The van der Waals surface area contributed by atoms with Crippen LogP contribution in [0.2, 0.25) is 0 Å². The quantitative estimate of drug-likeness (QED) is 0.565. The van der Waals surface area contributed by atoms with Crippen LogP contribution in [0, 0.1) is 10.1 Å². The number of nitrogens with zero attached hydrogens (tertiary/aromatic N) is 2. The number of carbonyl (C=O) groups is 1. The average molecular weight is 351 g/mol. The highest BCUT2D eigenvalue weighted by atomic mass is 16.6. The molecular formula is C19H17N3O4. The van der Waals surface area contributed by atoms with E-state index >= 15 is 0 Å². The maximum atomic E-state index is 12.3. The lowest BCUT2D eigenvalue weighted by molar-refractivity contribution is -0.385. The Kier molecular flexibility index (Phi) is 4.79. The maximum absolute atomic E-state index is 12.3. The van der Waals surface area contributed by atoms with Crippen LogP contribution in [0.3, 0.4) is 0 Å². The summed E-state index contributed by atoms with van der Waals surface area (Å²) in [4.78, 5) is 34.4. The Labute approximate surface area is 149 Å². The third-order valence-corrected chi connectivity index (χ3v) is 4.16. The standard InChI is InChI=1S/C19H17N3O4/c1-13(16-8-4-6-14-5-2-3-7-17(14)16)20-18(23)12-21-11-15(22(25)26)9-10-19(21)24/h2-11,13H,12H2,1H3,(H,20,23). The smallest absolute Gasteiger partial charge is 0.285 e. The Bertz CT molecular complexity index is 1040. The molecule has 1 atom stereocenters. The second kappa shape index (κ2) is 7.18. The molecule has 26 heavy (non-hydrogen) atoms. The molecule has 0 spiro atoms. The lowest BCUT2D eigenvalue weighted by Crippen LogP contribution is -2.33. The molecular weight excluding hydrogens is 334 g/mol. The van der Waals surface area contributed by atoms with E-state index in [-0.39, 0.29) is 18.3 Å². The fraction of sp³-hybridized carbons (Fsp3) is 0.158. The molecule has 0 radical (unpaired) electrons. The molecule has 1 heterocycles. The van der Waals surface area contributed by atoms with Crippen LogP contribution in [-0.4, -0.2) is 15.4 Å². The van der Waals surface area contributed by atoms with Crippen molar-refractivity contribution >= 4 is 22.4 Å². The van der Waals surface area contributed by atoms with Crippen molar-refractivity contribution in [3.05, 3.63) is 86.8 Å². The summed E-state index contributed by atoms with van der Waals surface area (Å²) in [6, 6.07) is 15.6. The van der Waals surface area contributed by atoms with Crippen LogP contribution in [0.1, 0.15) is 18.5 Å². The summed E-state index contributed by atoms with van der Waals surface area (Å²) >= 11 is 0. The molecule has 0 bridgehead atoms. The molecule has 0 fully saturated rings. The van der Waals surface area contributed by atoms with E-state index in [4.69, 9.17) is 0 Å². The minimum absolute atomic E-state index is 0.237. The number of rotatable bonds is 5. The minimum atomic E-state index is -0.605. The molecule has 1 aromatic heterocycles. The Hall–Kier alpha value is -3.48. The third kappa shape index (κ3) is 3.61. The van der Waals surface area contributed by atoms with Gasteiger partial charge in [-0.2, -0.15) is 0 Å². The molecule has 2 aromatic carbocycles. The summed E-state index contributed by atoms with van der Waals surface area (Å²) in [6.07, 6.45) is 1.07. The van der Waals surface area contributed by atoms with Crippen LogP contribution < -0.4 is 10.9 Å². The van der Waals surface area contributed by atoms with Crippen molar-refractivity contribution in [1.29, 1.82) is 0 Å². The summed E-state index contributed by atoms with van der Waals surface area (Å²) in [7, 11) is 0. The first-order valence-electron chi connectivity index (χ1n) is 8.07. The van der Waals surface area contributed by atoms with E-state index in [2.05, 4.69) is 5.32 Å². The zero-order chi connectivity index (χ0) is 18.7. The molecule has 1 unspecified atom stereocenters. The van der Waals surface area contributed by atoms with Crippen LogP contribution in [0.5, 0.6) is 0 Å². The van der Waals surface area contributed by atoms with Gasteiger partial charge < -0.3 is 5.32 Å². The van der Waals surface area contributed by atoms with E-state index in [0.29, 0.717) is 0 Å². The lowest BCUT2D eigenvalue weighted by Gasteiger charge is -2.17. The zero-order valence-electron chi connectivity index (χ0n) is 14.1. The minimum Gasteiger partial charge on any atom is -0.348 e. The van der Waals surface area contributed by atoms with Gasteiger partial charge in [0.15, 0.2) is 0 Å². The van der Waals surface area contributed by atoms with Gasteiger partial charge in [0.25, 0.3) is 11.2 Å². The topological polar surface area (TPSA) is 94.2 Å². The van der Waals surface area contributed by atoms with Crippen molar-refractivity contribution in [3.8, 4) is 0 Å². The van der Waals surface area contributed by atoms with Crippen molar-refractivity contribution in [2.75, 3.05) is 0 Å². The van der Waals surface area contributed by atoms with E-state index in [0.717, 1.165) is 39.2 Å². The van der Waals surface area contributed by atoms with Gasteiger partial charge in [0.05, 0.1) is 17.2 Å². The van der Waals surface area contributed by atoms with Gasteiger partial charge in [0.2, 0.25) is 5.91 Å². The number of pyridine rings is 1. The molecule has 0 aliphatic heterocycles. The summed E-state index contributed by atoms with van der Waals surface area (Å²) in [5.41, 5.74) is 0.255. The average Bonchev–Trinajstić information content (AvgIpc) is 2.62. The molecule has 7 nitrogen and oxygen atoms in total. The van der Waals surface area contributed by atoms with Crippen LogP contribution >= 0.6 is 0 Å². The Morgan fingerprint density at radius 1 is 1.15 bits per heavy atom. The first kappa shape index (κ1) is 17.3. The number of benzene rings is 2. The summed E-state index contributed by atoms with van der Waals surface area (Å²) in [6.45, 7) is 1.57. The fourth-order valence-electron chi connectivity index (χ4n) is 2.90. The van der Waals surface area contributed by atoms with Gasteiger partial charge in [-0.05, 0) is 23.3 Å². The number of nitrogens with one attached hydrogen (secondary N) is 1. The molecule has 0 aliphatic rings. The Morgan fingerprint density at radius 3 is 2.65 bits per heavy atom. The number of aromatic nitrogens is 1. The van der Waals surface area contributed by atoms with Crippen molar-refractivity contribution in [2.45, 2.75) is 19.5 Å². The van der Waals surface area contributed by atoms with Crippen LogP contribution in [0.4, 0.5) is 5.69 Å². The number of hydrogen-bond donors (Lipinski definition) is 1. The molecule has 0 saturated heterocycles. The third-order valence-electron chi connectivity index (χ3n) is 4.16. The SMILES string of the molecule is CC(NC(=O)Cn1cc([N+](=O)[O-])ccc1=O)c1cccc2ccccc12. The highest BCUT2D eigenvalue weighted by Gasteiger charge is 2.14. The van der Waals surface area contributed by atoms with E-state index in [1.54, 1.807) is 0 Å². The second-order valence-electron chi connectivity index (χ2n) is 5.97. The molecule has 1 amide bonds. The van der Waals surface area contributed by atoms with Gasteiger partial charge in [-0.1, -0.05) is 42.5 Å². The summed E-state index contributed by atoms with van der Waals surface area (Å²) in [5, 5.41) is 15.8. The lowest BCUT2D eigenvalue weighted by atomic mass is 10.00. The van der Waals surface area contributed by atoms with E-state index in [1.807, 2.05) is 49.4 Å². The predicted molar refractivity (Wildman–Crippen MR) is 97.9 cm³/mol. The highest BCUT2D eigenvalue weighted by Crippen LogP contribution is 2.23. The molecule has 0 aliphatic carbocycles. The highest BCUT2D eigenvalue weighted by molar-refractivity contribution is 5.86. The fourth-order valence-corrected chi connectivity index (χ4v) is 2.90. The molecule has 132 valence electrons. The van der Waals surface area contributed by atoms with Crippen molar-refractivity contribution < 1.29 is 9.72 Å². The number of hydrogen-bond acceptors (Lipinski definition) is 4. The monoisotopic (exact) mass is 351 g/mol. The first-order chi connectivity index (χ1) is 12.5. The predicted octanol–water partition coefficient (Wildman–Crippen LogP) is 2.79. The summed E-state index contributed by atoms with van der Waals surface area (Å²) in [5.74, 6) is -0.395. The molecule has 3 rings (SSSR count). The van der Waals surface area contributed by atoms with Crippen LogP contribution in [0.25, 0.3) is 10.8 Å². The number of nitro groups is 1. The number of amides is 1. The molecule has 7 heteroatoms. The zero-order valence-corrected chi connectivity index (χ0v) is 14.1. The van der Waals surface area contributed by atoms with Gasteiger partial charge in [-0.15, -0.1) is 0 Å². The van der Waals surface area contributed by atoms with Crippen molar-refractivity contribution in [3.63, 3.8) is 0 Å². The van der Waals surface area contributed by atoms with Gasteiger partial charge >= 0.3 is 0 Å². The van der Waals surface area contributed by atoms with Crippen molar-refractivity contribution in [1.82, 2.24) is 9.88 Å². The van der Waals surface area contributed by atoms with Crippen LogP contribution in [-0.2, 0) is 11.3 Å². The molecule has 1 N–H and O–H groups in total. The first-order valence-corrected chi connectivity index (χ1v) is 8.07.